The second kappa shape index (κ2) is 10.1. The first-order chi connectivity index (χ1) is 12.2. The summed E-state index contributed by atoms with van der Waals surface area (Å²) in [6.07, 6.45) is 2.40. The molecule has 1 aliphatic rings. The molecule has 6 heteroatoms. The number of hydrogen-bond donors (Lipinski definition) is 2. The average Bonchev–Trinajstić information content (AvgIpc) is 3.04. The number of aliphatic imine (C=N–C) groups is 1. The van der Waals surface area contributed by atoms with Crippen molar-refractivity contribution >= 4 is 11.6 Å². The van der Waals surface area contributed by atoms with Crippen molar-refractivity contribution in [1.82, 2.24) is 4.90 Å². The van der Waals surface area contributed by atoms with Crippen molar-refractivity contribution in [3.05, 3.63) is 18.2 Å². The third-order valence-electron chi connectivity index (χ3n) is 4.25. The third-order valence-corrected chi connectivity index (χ3v) is 4.25. The molecule has 1 heterocycles. The fourth-order valence-corrected chi connectivity index (χ4v) is 3.13. The number of likely N-dealkylation sites (tertiary alicyclic amines) is 1. The summed E-state index contributed by atoms with van der Waals surface area (Å²) in [4.78, 5) is 7.04. The van der Waals surface area contributed by atoms with E-state index in [-0.39, 0.29) is 0 Å². The zero-order chi connectivity index (χ0) is 18.1. The number of anilines is 1. The molecule has 2 rings (SSSR count). The van der Waals surface area contributed by atoms with Crippen molar-refractivity contribution in [2.75, 3.05) is 44.7 Å². The van der Waals surface area contributed by atoms with Crippen molar-refractivity contribution in [2.45, 2.75) is 33.6 Å². The highest BCUT2D eigenvalue weighted by Crippen LogP contribution is 2.29. The number of rotatable bonds is 9. The molecule has 0 aromatic heterocycles. The molecule has 6 nitrogen and oxygen atoms in total. The molecule has 1 fully saturated rings. The maximum atomic E-state index is 6.10. The van der Waals surface area contributed by atoms with Gasteiger partial charge in [-0.3, -0.25) is 4.99 Å². The number of hydrogen-bond acceptors (Lipinski definition) is 4. The van der Waals surface area contributed by atoms with E-state index in [0.717, 1.165) is 30.3 Å². The maximum absolute atomic E-state index is 6.10. The van der Waals surface area contributed by atoms with Crippen molar-refractivity contribution < 1.29 is 9.47 Å². The lowest BCUT2D eigenvalue weighted by molar-refractivity contribution is 0.326. The summed E-state index contributed by atoms with van der Waals surface area (Å²) in [5.41, 5.74) is 6.88. The van der Waals surface area contributed by atoms with Gasteiger partial charge in [0.05, 0.1) is 18.9 Å². The molecule has 0 bridgehead atoms. The fraction of sp³-hybridized carbons (Fsp3) is 0.632. The molecule has 140 valence electrons. The standard InChI is InChI=1S/C19H32N4O2/c1-4-10-23-11-9-15(14-23)13-21-19(20)22-17-12-16(24-5-2)7-8-18(17)25-6-3/h7-8,12,15H,4-6,9-11,13-14H2,1-3H3,(H3,20,21,22). The van der Waals surface area contributed by atoms with E-state index in [1.807, 2.05) is 32.0 Å². The summed E-state index contributed by atoms with van der Waals surface area (Å²) < 4.78 is 11.2. The lowest BCUT2D eigenvalue weighted by Gasteiger charge is -2.15. The normalized spacial score (nSPS) is 18.4. The molecule has 0 radical (unpaired) electrons. The Balaban J connectivity index is 1.96. The molecule has 25 heavy (non-hydrogen) atoms. The molecule has 1 saturated heterocycles. The van der Waals surface area contributed by atoms with Gasteiger partial charge in [0.25, 0.3) is 0 Å². The highest BCUT2D eigenvalue weighted by Gasteiger charge is 2.21. The molecule has 0 aliphatic carbocycles. The van der Waals surface area contributed by atoms with E-state index in [9.17, 15) is 0 Å². The highest BCUT2D eigenvalue weighted by molar-refractivity contribution is 5.94. The van der Waals surface area contributed by atoms with Crippen LogP contribution in [-0.2, 0) is 0 Å². The number of nitrogens with one attached hydrogen (secondary N) is 1. The van der Waals surface area contributed by atoms with Gasteiger partial charge >= 0.3 is 0 Å². The number of guanidine groups is 1. The van der Waals surface area contributed by atoms with Crippen LogP contribution in [0, 0.1) is 5.92 Å². The Morgan fingerprint density at radius 3 is 2.80 bits per heavy atom. The van der Waals surface area contributed by atoms with Crippen LogP contribution in [0.15, 0.2) is 23.2 Å². The number of nitrogens with zero attached hydrogens (tertiary/aromatic N) is 2. The molecular weight excluding hydrogens is 316 g/mol. The van der Waals surface area contributed by atoms with Crippen LogP contribution >= 0.6 is 0 Å². The lowest BCUT2D eigenvalue weighted by Crippen LogP contribution is -2.25. The topological polar surface area (TPSA) is 72.1 Å². The quantitative estimate of drug-likeness (QED) is 0.530. The third kappa shape index (κ3) is 6.12. The summed E-state index contributed by atoms with van der Waals surface area (Å²) in [6.45, 7) is 11.6. The first-order valence-electron chi connectivity index (χ1n) is 9.35. The van der Waals surface area contributed by atoms with E-state index >= 15 is 0 Å². The van der Waals surface area contributed by atoms with Crippen LogP contribution in [-0.4, -0.2) is 50.3 Å². The van der Waals surface area contributed by atoms with E-state index < -0.39 is 0 Å². The van der Waals surface area contributed by atoms with Gasteiger partial charge in [-0.05, 0) is 57.8 Å². The Kier molecular flexibility index (Phi) is 7.85. The van der Waals surface area contributed by atoms with Crippen molar-refractivity contribution in [1.29, 1.82) is 0 Å². The SMILES string of the molecule is CCCN1CCC(CN=C(N)Nc2cc(OCC)ccc2OCC)C1. The van der Waals surface area contributed by atoms with Crippen molar-refractivity contribution in [3.63, 3.8) is 0 Å². The van der Waals surface area contributed by atoms with Gasteiger partial charge < -0.3 is 25.4 Å². The van der Waals surface area contributed by atoms with Gasteiger partial charge in [-0.1, -0.05) is 6.92 Å². The summed E-state index contributed by atoms with van der Waals surface area (Å²) >= 11 is 0. The Morgan fingerprint density at radius 2 is 2.08 bits per heavy atom. The predicted molar refractivity (Wildman–Crippen MR) is 104 cm³/mol. The van der Waals surface area contributed by atoms with Crippen LogP contribution in [0.2, 0.25) is 0 Å². The van der Waals surface area contributed by atoms with Crippen LogP contribution in [0.3, 0.4) is 0 Å². The first kappa shape index (κ1) is 19.4. The Hall–Kier alpha value is -1.95. The summed E-state index contributed by atoms with van der Waals surface area (Å²) in [6, 6.07) is 5.69. The van der Waals surface area contributed by atoms with E-state index in [4.69, 9.17) is 15.2 Å². The molecule has 0 spiro atoms. The predicted octanol–water partition coefficient (Wildman–Crippen LogP) is 2.94. The Morgan fingerprint density at radius 1 is 1.28 bits per heavy atom. The minimum atomic E-state index is 0.420. The van der Waals surface area contributed by atoms with Crippen LogP contribution in [0.5, 0.6) is 11.5 Å². The smallest absolute Gasteiger partial charge is 0.193 e. The van der Waals surface area contributed by atoms with Crippen molar-refractivity contribution in [2.24, 2.45) is 16.6 Å². The fourth-order valence-electron chi connectivity index (χ4n) is 3.13. The van der Waals surface area contributed by atoms with Crippen LogP contribution in [0.1, 0.15) is 33.6 Å². The minimum absolute atomic E-state index is 0.420. The lowest BCUT2D eigenvalue weighted by atomic mass is 10.1. The Labute approximate surface area is 151 Å². The van der Waals surface area contributed by atoms with Crippen LogP contribution in [0.25, 0.3) is 0 Å². The first-order valence-corrected chi connectivity index (χ1v) is 9.35. The van der Waals surface area contributed by atoms with Crippen LogP contribution < -0.4 is 20.5 Å². The zero-order valence-electron chi connectivity index (χ0n) is 15.8. The second-order valence-corrected chi connectivity index (χ2v) is 6.33. The van der Waals surface area contributed by atoms with Gasteiger partial charge in [0, 0.05) is 19.2 Å². The molecule has 3 N–H and O–H groups in total. The largest absolute Gasteiger partial charge is 0.494 e. The minimum Gasteiger partial charge on any atom is -0.494 e. The van der Waals surface area contributed by atoms with E-state index in [1.54, 1.807) is 0 Å². The van der Waals surface area contributed by atoms with Gasteiger partial charge in [-0.25, -0.2) is 0 Å². The summed E-state index contributed by atoms with van der Waals surface area (Å²) in [5.74, 6) is 2.54. The number of ether oxygens (including phenoxy) is 2. The molecule has 0 amide bonds. The number of nitrogens with two attached hydrogens (primary N) is 1. The second-order valence-electron chi connectivity index (χ2n) is 6.33. The monoisotopic (exact) mass is 348 g/mol. The summed E-state index contributed by atoms with van der Waals surface area (Å²) in [7, 11) is 0. The van der Waals surface area contributed by atoms with Gasteiger partial charge in [0.1, 0.15) is 11.5 Å². The van der Waals surface area contributed by atoms with Gasteiger partial charge in [0.15, 0.2) is 5.96 Å². The zero-order valence-corrected chi connectivity index (χ0v) is 15.8. The van der Waals surface area contributed by atoms with Gasteiger partial charge in [-0.15, -0.1) is 0 Å². The molecule has 0 saturated carbocycles. The molecule has 1 aliphatic heterocycles. The molecule has 1 aromatic carbocycles. The van der Waals surface area contributed by atoms with Gasteiger partial charge in [-0.2, -0.15) is 0 Å². The average molecular weight is 348 g/mol. The molecular formula is C19H32N4O2. The van der Waals surface area contributed by atoms with E-state index in [2.05, 4.69) is 22.1 Å². The highest BCUT2D eigenvalue weighted by atomic mass is 16.5. The molecule has 1 aromatic rings. The summed E-state index contributed by atoms with van der Waals surface area (Å²) in [5, 5.41) is 3.16. The van der Waals surface area contributed by atoms with Crippen molar-refractivity contribution in [3.8, 4) is 11.5 Å². The molecule has 1 atom stereocenters. The van der Waals surface area contributed by atoms with E-state index in [1.165, 1.54) is 25.9 Å². The Bertz CT molecular complexity index is 562. The van der Waals surface area contributed by atoms with Gasteiger partial charge in [0.2, 0.25) is 0 Å². The van der Waals surface area contributed by atoms with Crippen LogP contribution in [0.4, 0.5) is 5.69 Å². The maximum Gasteiger partial charge on any atom is 0.193 e. The molecule has 1 unspecified atom stereocenters. The number of benzene rings is 1. The van der Waals surface area contributed by atoms with E-state index in [0.29, 0.717) is 25.1 Å².